The maximum Gasteiger partial charge on any atom is 0.264 e. The van der Waals surface area contributed by atoms with Crippen LogP contribution in [0.1, 0.15) is 37.7 Å². The van der Waals surface area contributed by atoms with Gasteiger partial charge in [-0.05, 0) is 41.7 Å². The summed E-state index contributed by atoms with van der Waals surface area (Å²) >= 11 is 1.72. The van der Waals surface area contributed by atoms with Crippen LogP contribution >= 0.6 is 11.3 Å². The summed E-state index contributed by atoms with van der Waals surface area (Å²) in [6, 6.07) is 2.14. The van der Waals surface area contributed by atoms with Gasteiger partial charge >= 0.3 is 0 Å². The number of aryl methyl sites for hydroxylation is 1. The summed E-state index contributed by atoms with van der Waals surface area (Å²) < 4.78 is 29.4. The SMILES string of the molecule is O=S(=O)(O)CCCCCCCc1ccsc1. The highest BCUT2D eigenvalue weighted by Gasteiger charge is 2.02. The Kier molecular flexibility index (Phi) is 6.01. The maximum atomic E-state index is 10.4. The molecule has 0 amide bonds. The van der Waals surface area contributed by atoms with Gasteiger partial charge < -0.3 is 0 Å². The highest BCUT2D eigenvalue weighted by Crippen LogP contribution is 2.11. The lowest BCUT2D eigenvalue weighted by Crippen LogP contribution is -2.03. The van der Waals surface area contributed by atoms with E-state index in [2.05, 4.69) is 16.8 Å². The summed E-state index contributed by atoms with van der Waals surface area (Å²) in [6.45, 7) is 0. The standard InChI is InChI=1S/C11H18O3S2/c12-16(13,14)9-5-3-1-2-4-6-11-7-8-15-10-11/h7-8,10H,1-6,9H2,(H,12,13,14). The third kappa shape index (κ3) is 6.98. The molecule has 0 saturated carbocycles. The summed E-state index contributed by atoms with van der Waals surface area (Å²) in [5.74, 6) is -0.0997. The number of unbranched alkanes of at least 4 members (excludes halogenated alkanes) is 4. The van der Waals surface area contributed by atoms with E-state index in [9.17, 15) is 8.42 Å². The average molecular weight is 262 g/mol. The minimum absolute atomic E-state index is 0.0997. The van der Waals surface area contributed by atoms with Crippen molar-refractivity contribution in [2.24, 2.45) is 0 Å². The van der Waals surface area contributed by atoms with Crippen LogP contribution < -0.4 is 0 Å². The Bertz CT molecular complexity index is 368. The first-order valence-corrected chi connectivity index (χ1v) is 8.09. The molecule has 0 bridgehead atoms. The molecular formula is C11H18O3S2. The zero-order valence-electron chi connectivity index (χ0n) is 9.26. The average Bonchev–Trinajstić information content (AvgIpc) is 2.67. The molecular weight excluding hydrogens is 244 g/mol. The Morgan fingerprint density at radius 1 is 1.12 bits per heavy atom. The fourth-order valence-electron chi connectivity index (χ4n) is 1.58. The Hall–Kier alpha value is -0.390. The first-order chi connectivity index (χ1) is 7.58. The zero-order chi connectivity index (χ0) is 11.9. The van der Waals surface area contributed by atoms with Crippen LogP contribution in [0.4, 0.5) is 0 Å². The van der Waals surface area contributed by atoms with Crippen LogP contribution in [0.3, 0.4) is 0 Å². The molecule has 1 aromatic rings. The third-order valence-electron chi connectivity index (χ3n) is 2.45. The van der Waals surface area contributed by atoms with Gasteiger partial charge in [0.1, 0.15) is 0 Å². The molecule has 92 valence electrons. The molecule has 0 aliphatic rings. The molecule has 16 heavy (non-hydrogen) atoms. The van der Waals surface area contributed by atoms with Crippen LogP contribution in [0.5, 0.6) is 0 Å². The van der Waals surface area contributed by atoms with E-state index in [1.807, 2.05) is 0 Å². The van der Waals surface area contributed by atoms with Gasteiger partial charge in [-0.1, -0.05) is 19.3 Å². The molecule has 1 heterocycles. The highest BCUT2D eigenvalue weighted by atomic mass is 32.2. The summed E-state index contributed by atoms with van der Waals surface area (Å²) in [6.07, 6.45) is 5.88. The van der Waals surface area contributed by atoms with Crippen molar-refractivity contribution in [2.45, 2.75) is 38.5 Å². The first-order valence-electron chi connectivity index (χ1n) is 5.54. The summed E-state index contributed by atoms with van der Waals surface area (Å²) in [5.41, 5.74) is 1.39. The molecule has 0 saturated heterocycles. The van der Waals surface area contributed by atoms with Crippen LogP contribution in [0, 0.1) is 0 Å². The molecule has 1 aromatic heterocycles. The minimum atomic E-state index is -3.75. The molecule has 0 aliphatic heterocycles. The molecule has 1 N–H and O–H groups in total. The summed E-state index contributed by atoms with van der Waals surface area (Å²) in [7, 11) is -3.75. The molecule has 0 atom stereocenters. The Morgan fingerprint density at radius 2 is 1.81 bits per heavy atom. The van der Waals surface area contributed by atoms with Crippen molar-refractivity contribution in [1.29, 1.82) is 0 Å². The lowest BCUT2D eigenvalue weighted by Gasteiger charge is -2.00. The predicted molar refractivity (Wildman–Crippen MR) is 67.5 cm³/mol. The summed E-state index contributed by atoms with van der Waals surface area (Å²) in [5, 5.41) is 4.25. The van der Waals surface area contributed by atoms with Crippen molar-refractivity contribution < 1.29 is 13.0 Å². The Balaban J connectivity index is 1.93. The van der Waals surface area contributed by atoms with Gasteiger partial charge in [0.25, 0.3) is 10.1 Å². The largest absolute Gasteiger partial charge is 0.286 e. The van der Waals surface area contributed by atoms with Crippen molar-refractivity contribution in [2.75, 3.05) is 5.75 Å². The van der Waals surface area contributed by atoms with Crippen LogP contribution in [-0.4, -0.2) is 18.7 Å². The third-order valence-corrected chi connectivity index (χ3v) is 3.98. The van der Waals surface area contributed by atoms with E-state index in [0.717, 1.165) is 32.1 Å². The van der Waals surface area contributed by atoms with E-state index in [1.165, 1.54) is 5.56 Å². The lowest BCUT2D eigenvalue weighted by atomic mass is 10.1. The predicted octanol–water partition coefficient (Wildman–Crippen LogP) is 3.13. The normalized spacial score (nSPS) is 11.8. The van der Waals surface area contributed by atoms with Crippen LogP contribution in [0.15, 0.2) is 16.8 Å². The summed E-state index contributed by atoms with van der Waals surface area (Å²) in [4.78, 5) is 0. The van der Waals surface area contributed by atoms with Crippen molar-refractivity contribution >= 4 is 21.5 Å². The van der Waals surface area contributed by atoms with E-state index in [-0.39, 0.29) is 5.75 Å². The van der Waals surface area contributed by atoms with E-state index in [1.54, 1.807) is 11.3 Å². The molecule has 0 aromatic carbocycles. The first kappa shape index (κ1) is 13.7. The Labute approximate surface area is 101 Å². The molecule has 5 heteroatoms. The smallest absolute Gasteiger partial charge is 0.264 e. The topological polar surface area (TPSA) is 54.4 Å². The van der Waals surface area contributed by atoms with Crippen LogP contribution in [0.25, 0.3) is 0 Å². The van der Waals surface area contributed by atoms with Gasteiger partial charge in [0.2, 0.25) is 0 Å². The second kappa shape index (κ2) is 7.04. The monoisotopic (exact) mass is 262 g/mol. The molecule has 0 fully saturated rings. The molecule has 3 nitrogen and oxygen atoms in total. The number of hydrogen-bond acceptors (Lipinski definition) is 3. The lowest BCUT2D eigenvalue weighted by molar-refractivity contribution is 0.479. The molecule has 0 aliphatic carbocycles. The second-order valence-electron chi connectivity index (χ2n) is 3.94. The van der Waals surface area contributed by atoms with E-state index in [0.29, 0.717) is 6.42 Å². The second-order valence-corrected chi connectivity index (χ2v) is 6.29. The van der Waals surface area contributed by atoms with Gasteiger partial charge in [0.05, 0.1) is 5.75 Å². The minimum Gasteiger partial charge on any atom is -0.286 e. The van der Waals surface area contributed by atoms with Gasteiger partial charge in [-0.25, -0.2) is 0 Å². The molecule has 0 radical (unpaired) electrons. The van der Waals surface area contributed by atoms with Gasteiger partial charge in [-0.3, -0.25) is 4.55 Å². The van der Waals surface area contributed by atoms with E-state index in [4.69, 9.17) is 4.55 Å². The number of thiophene rings is 1. The fourth-order valence-corrected chi connectivity index (χ4v) is 2.85. The molecule has 0 unspecified atom stereocenters. The van der Waals surface area contributed by atoms with Gasteiger partial charge in [-0.2, -0.15) is 19.8 Å². The van der Waals surface area contributed by atoms with Crippen molar-refractivity contribution in [3.05, 3.63) is 22.4 Å². The quantitative estimate of drug-likeness (QED) is 0.578. The van der Waals surface area contributed by atoms with Crippen molar-refractivity contribution in [1.82, 2.24) is 0 Å². The van der Waals surface area contributed by atoms with Crippen LogP contribution in [0.2, 0.25) is 0 Å². The van der Waals surface area contributed by atoms with E-state index >= 15 is 0 Å². The van der Waals surface area contributed by atoms with Crippen molar-refractivity contribution in [3.63, 3.8) is 0 Å². The number of rotatable bonds is 8. The molecule has 1 rings (SSSR count). The van der Waals surface area contributed by atoms with Gasteiger partial charge in [0, 0.05) is 0 Å². The van der Waals surface area contributed by atoms with E-state index < -0.39 is 10.1 Å². The maximum absolute atomic E-state index is 10.4. The van der Waals surface area contributed by atoms with Crippen molar-refractivity contribution in [3.8, 4) is 0 Å². The zero-order valence-corrected chi connectivity index (χ0v) is 10.9. The van der Waals surface area contributed by atoms with Crippen LogP contribution in [-0.2, 0) is 16.5 Å². The van der Waals surface area contributed by atoms with Gasteiger partial charge in [0.15, 0.2) is 0 Å². The highest BCUT2D eigenvalue weighted by molar-refractivity contribution is 7.85. The molecule has 0 spiro atoms. The Morgan fingerprint density at radius 3 is 2.44 bits per heavy atom. The van der Waals surface area contributed by atoms with Gasteiger partial charge in [-0.15, -0.1) is 0 Å². The number of hydrogen-bond donors (Lipinski definition) is 1. The fraction of sp³-hybridized carbons (Fsp3) is 0.636.